The van der Waals surface area contributed by atoms with E-state index in [0.29, 0.717) is 0 Å². The van der Waals surface area contributed by atoms with Crippen LogP contribution in [-0.4, -0.2) is 11.9 Å². The van der Waals surface area contributed by atoms with Crippen LogP contribution in [-0.2, 0) is 10.3 Å². The Bertz CT molecular complexity index is 419. The summed E-state index contributed by atoms with van der Waals surface area (Å²) < 4.78 is 13.1. The summed E-state index contributed by atoms with van der Waals surface area (Å²) in [6.45, 7) is 1.64. The molecule has 0 radical (unpaired) electrons. The van der Waals surface area contributed by atoms with Crippen LogP contribution in [0.2, 0.25) is 0 Å². The molecule has 0 heterocycles. The molecule has 0 aromatic heterocycles. The number of amides is 1. The van der Waals surface area contributed by atoms with Crippen molar-refractivity contribution in [3.05, 3.63) is 35.6 Å². The fourth-order valence-electron chi connectivity index (χ4n) is 1.75. The van der Waals surface area contributed by atoms with Gasteiger partial charge in [-0.05, 0) is 37.5 Å². The Kier molecular flexibility index (Phi) is 4.11. The summed E-state index contributed by atoms with van der Waals surface area (Å²) in [5.41, 5.74) is 5.93. The maximum Gasteiger partial charge on any atom is 0.237 e. The van der Waals surface area contributed by atoms with Crippen molar-refractivity contribution in [3.63, 3.8) is 0 Å². The van der Waals surface area contributed by atoms with E-state index in [1.54, 1.807) is 13.0 Å². The molecule has 0 unspecified atom stereocenters. The molecule has 2 rings (SSSR count). The van der Waals surface area contributed by atoms with Gasteiger partial charge in [0.1, 0.15) is 5.82 Å². The topological polar surface area (TPSA) is 55.1 Å². The second-order valence-corrected chi connectivity index (χ2v) is 4.37. The third kappa shape index (κ3) is 2.96. The number of halogens is 2. The maximum absolute atomic E-state index is 13.1. The third-order valence-corrected chi connectivity index (χ3v) is 2.90. The van der Waals surface area contributed by atoms with Crippen molar-refractivity contribution in [2.45, 2.75) is 31.3 Å². The fraction of sp³-hybridized carbons (Fsp3) is 0.417. The second kappa shape index (κ2) is 5.02. The number of carbonyl (C=O) groups is 1. The van der Waals surface area contributed by atoms with E-state index in [1.165, 1.54) is 12.1 Å². The molecule has 1 fully saturated rings. The minimum absolute atomic E-state index is 0. The Morgan fingerprint density at radius 1 is 1.53 bits per heavy atom. The summed E-state index contributed by atoms with van der Waals surface area (Å²) in [7, 11) is 0. The summed E-state index contributed by atoms with van der Waals surface area (Å²) in [6.07, 6.45) is 1.68. The first-order valence-electron chi connectivity index (χ1n) is 5.37. The van der Waals surface area contributed by atoms with Crippen molar-refractivity contribution in [1.82, 2.24) is 5.32 Å². The standard InChI is InChI=1S/C12H15FN2O.ClH/c1-8(14)11(16)15-12(5-6-12)9-3-2-4-10(13)7-9;/h2-4,7-8H,5-6,14H2,1H3,(H,15,16);1H/t8-;/m0./s1. The Morgan fingerprint density at radius 2 is 2.18 bits per heavy atom. The highest BCUT2D eigenvalue weighted by molar-refractivity contribution is 5.85. The van der Waals surface area contributed by atoms with Crippen LogP contribution < -0.4 is 11.1 Å². The molecule has 5 heteroatoms. The van der Waals surface area contributed by atoms with Gasteiger partial charge in [-0.25, -0.2) is 4.39 Å². The first kappa shape index (κ1) is 13.9. The van der Waals surface area contributed by atoms with E-state index in [4.69, 9.17) is 5.73 Å². The summed E-state index contributed by atoms with van der Waals surface area (Å²) in [4.78, 5) is 11.5. The van der Waals surface area contributed by atoms with E-state index in [2.05, 4.69) is 5.32 Å². The molecular formula is C12H16ClFN2O. The van der Waals surface area contributed by atoms with Gasteiger partial charge in [0.15, 0.2) is 0 Å². The molecule has 1 aromatic carbocycles. The highest BCUT2D eigenvalue weighted by Gasteiger charge is 2.46. The van der Waals surface area contributed by atoms with Gasteiger partial charge in [-0.2, -0.15) is 0 Å². The molecule has 94 valence electrons. The average Bonchev–Trinajstić information content (AvgIpc) is 2.99. The van der Waals surface area contributed by atoms with Crippen molar-refractivity contribution < 1.29 is 9.18 Å². The average molecular weight is 259 g/mol. The smallest absolute Gasteiger partial charge is 0.237 e. The lowest BCUT2D eigenvalue weighted by molar-refractivity contribution is -0.123. The Hall–Kier alpha value is -1.13. The van der Waals surface area contributed by atoms with E-state index in [0.717, 1.165) is 18.4 Å². The number of carbonyl (C=O) groups excluding carboxylic acids is 1. The Morgan fingerprint density at radius 3 is 2.65 bits per heavy atom. The van der Waals surface area contributed by atoms with E-state index < -0.39 is 6.04 Å². The van der Waals surface area contributed by atoms with Gasteiger partial charge in [0.05, 0.1) is 11.6 Å². The summed E-state index contributed by atoms with van der Waals surface area (Å²) >= 11 is 0. The van der Waals surface area contributed by atoms with Crippen LogP contribution in [0.5, 0.6) is 0 Å². The number of hydrogen-bond donors (Lipinski definition) is 2. The van der Waals surface area contributed by atoms with Gasteiger partial charge < -0.3 is 11.1 Å². The maximum atomic E-state index is 13.1. The molecule has 0 bridgehead atoms. The third-order valence-electron chi connectivity index (χ3n) is 2.90. The fourth-order valence-corrected chi connectivity index (χ4v) is 1.75. The number of benzene rings is 1. The summed E-state index contributed by atoms with van der Waals surface area (Å²) in [6, 6.07) is 5.81. The molecule has 1 aliphatic rings. The molecule has 1 amide bonds. The van der Waals surface area contributed by atoms with Gasteiger partial charge in [0.25, 0.3) is 0 Å². The van der Waals surface area contributed by atoms with Gasteiger partial charge in [-0.1, -0.05) is 12.1 Å². The number of hydrogen-bond acceptors (Lipinski definition) is 2. The summed E-state index contributed by atoms with van der Waals surface area (Å²) in [5, 5.41) is 2.88. The molecule has 1 aromatic rings. The van der Waals surface area contributed by atoms with E-state index in [1.807, 2.05) is 6.07 Å². The molecule has 0 aliphatic heterocycles. The molecule has 0 saturated heterocycles. The van der Waals surface area contributed by atoms with Gasteiger partial charge in [0, 0.05) is 0 Å². The zero-order valence-electron chi connectivity index (χ0n) is 9.57. The zero-order valence-corrected chi connectivity index (χ0v) is 10.4. The van der Waals surface area contributed by atoms with Gasteiger partial charge in [-0.15, -0.1) is 12.4 Å². The number of nitrogens with two attached hydrogens (primary N) is 1. The highest BCUT2D eigenvalue weighted by atomic mass is 35.5. The lowest BCUT2D eigenvalue weighted by Crippen LogP contribution is -2.44. The first-order valence-corrected chi connectivity index (χ1v) is 5.37. The van der Waals surface area contributed by atoms with Crippen LogP contribution in [0.4, 0.5) is 4.39 Å². The number of rotatable bonds is 3. The van der Waals surface area contributed by atoms with Crippen LogP contribution in [0.1, 0.15) is 25.3 Å². The molecule has 0 spiro atoms. The molecule has 1 aliphatic carbocycles. The van der Waals surface area contributed by atoms with Crippen LogP contribution in [0.25, 0.3) is 0 Å². The quantitative estimate of drug-likeness (QED) is 0.867. The van der Waals surface area contributed by atoms with Crippen LogP contribution in [0.15, 0.2) is 24.3 Å². The zero-order chi connectivity index (χ0) is 11.8. The Balaban J connectivity index is 0.00000144. The highest BCUT2D eigenvalue weighted by Crippen LogP contribution is 2.45. The van der Waals surface area contributed by atoms with Gasteiger partial charge >= 0.3 is 0 Å². The second-order valence-electron chi connectivity index (χ2n) is 4.37. The minimum atomic E-state index is -0.536. The predicted octanol–water partition coefficient (Wildman–Crippen LogP) is 1.70. The lowest BCUT2D eigenvalue weighted by atomic mass is 10.0. The van der Waals surface area contributed by atoms with Crippen molar-refractivity contribution in [3.8, 4) is 0 Å². The first-order chi connectivity index (χ1) is 7.53. The van der Waals surface area contributed by atoms with Crippen LogP contribution >= 0.6 is 12.4 Å². The SMILES string of the molecule is C[C@H](N)C(=O)NC1(c2cccc(F)c2)CC1.Cl. The van der Waals surface area contributed by atoms with Gasteiger partial charge in [-0.3, -0.25) is 4.79 Å². The summed E-state index contributed by atoms with van der Waals surface area (Å²) in [5.74, 6) is -0.472. The van der Waals surface area contributed by atoms with E-state index in [9.17, 15) is 9.18 Å². The molecular weight excluding hydrogens is 243 g/mol. The van der Waals surface area contributed by atoms with Crippen molar-refractivity contribution in [2.24, 2.45) is 5.73 Å². The minimum Gasteiger partial charge on any atom is -0.345 e. The molecule has 17 heavy (non-hydrogen) atoms. The van der Waals surface area contributed by atoms with E-state index >= 15 is 0 Å². The Labute approximate surface area is 106 Å². The number of nitrogens with one attached hydrogen (secondary N) is 1. The normalized spacial score (nSPS) is 17.8. The van der Waals surface area contributed by atoms with Crippen molar-refractivity contribution in [2.75, 3.05) is 0 Å². The monoisotopic (exact) mass is 258 g/mol. The lowest BCUT2D eigenvalue weighted by Gasteiger charge is -2.19. The van der Waals surface area contributed by atoms with Crippen molar-refractivity contribution in [1.29, 1.82) is 0 Å². The molecule has 1 saturated carbocycles. The van der Waals surface area contributed by atoms with Crippen molar-refractivity contribution >= 4 is 18.3 Å². The van der Waals surface area contributed by atoms with Crippen LogP contribution in [0.3, 0.4) is 0 Å². The predicted molar refractivity (Wildman–Crippen MR) is 66.4 cm³/mol. The largest absolute Gasteiger partial charge is 0.345 e. The molecule has 1 atom stereocenters. The van der Waals surface area contributed by atoms with Crippen LogP contribution in [0, 0.1) is 5.82 Å². The molecule has 3 N–H and O–H groups in total. The molecule has 3 nitrogen and oxygen atoms in total. The van der Waals surface area contributed by atoms with Gasteiger partial charge in [0.2, 0.25) is 5.91 Å². The van der Waals surface area contributed by atoms with E-state index in [-0.39, 0.29) is 29.7 Å².